The Balaban J connectivity index is 2.23. The predicted molar refractivity (Wildman–Crippen MR) is 81.2 cm³/mol. The largest absolute Gasteiger partial charge is 0.426 e. The van der Waals surface area contributed by atoms with E-state index in [1.165, 1.54) is 0 Å². The number of rotatable bonds is 6. The first-order valence-corrected chi connectivity index (χ1v) is 7.06. The van der Waals surface area contributed by atoms with Crippen molar-refractivity contribution >= 4 is 11.8 Å². The molecule has 0 fully saturated rings. The minimum atomic E-state index is -0.855. The summed E-state index contributed by atoms with van der Waals surface area (Å²) in [7, 11) is 0. The molecule has 108 valence electrons. The van der Waals surface area contributed by atoms with Gasteiger partial charge >= 0.3 is 5.97 Å². The van der Waals surface area contributed by atoms with Crippen molar-refractivity contribution in [1.82, 2.24) is 0 Å². The molecule has 0 saturated heterocycles. The standard InChI is InChI=1S/C18H18O3/c1-2-9-16(19)17(14-10-5-3-6-11-14)18(20)21-15-12-7-4-8-13-15/h3-8,10-13,17H,2,9H2,1H3. The molecule has 1 unspecified atom stereocenters. The van der Waals surface area contributed by atoms with E-state index in [1.54, 1.807) is 36.4 Å². The minimum absolute atomic E-state index is 0.107. The van der Waals surface area contributed by atoms with E-state index in [4.69, 9.17) is 4.74 Å². The average Bonchev–Trinajstić information content (AvgIpc) is 2.50. The van der Waals surface area contributed by atoms with Gasteiger partial charge in [0.15, 0.2) is 5.78 Å². The summed E-state index contributed by atoms with van der Waals surface area (Å²) in [5, 5.41) is 0. The highest BCUT2D eigenvalue weighted by Gasteiger charge is 2.29. The number of hydrogen-bond acceptors (Lipinski definition) is 3. The molecule has 0 aromatic heterocycles. The van der Waals surface area contributed by atoms with E-state index in [2.05, 4.69) is 0 Å². The quantitative estimate of drug-likeness (QED) is 0.460. The molecular formula is C18H18O3. The number of para-hydroxylation sites is 1. The Morgan fingerprint density at radius 2 is 1.52 bits per heavy atom. The highest BCUT2D eigenvalue weighted by atomic mass is 16.5. The number of ketones is 1. The Hall–Kier alpha value is -2.42. The minimum Gasteiger partial charge on any atom is -0.426 e. The predicted octanol–water partition coefficient (Wildman–Crippen LogP) is 3.75. The molecule has 0 radical (unpaired) electrons. The van der Waals surface area contributed by atoms with E-state index >= 15 is 0 Å². The first-order chi connectivity index (χ1) is 10.2. The molecule has 0 bridgehead atoms. The van der Waals surface area contributed by atoms with E-state index in [-0.39, 0.29) is 5.78 Å². The van der Waals surface area contributed by atoms with Crippen LogP contribution in [0.15, 0.2) is 60.7 Å². The molecule has 0 saturated carbocycles. The van der Waals surface area contributed by atoms with Gasteiger partial charge in [-0.15, -0.1) is 0 Å². The van der Waals surface area contributed by atoms with Gasteiger partial charge in [-0.1, -0.05) is 55.5 Å². The number of Topliss-reactive ketones (excluding diaryl/α,β-unsaturated/α-hetero) is 1. The van der Waals surface area contributed by atoms with Gasteiger partial charge in [0.25, 0.3) is 0 Å². The molecule has 1 atom stereocenters. The number of carbonyl (C=O) groups excluding carboxylic acids is 2. The van der Waals surface area contributed by atoms with Crippen molar-refractivity contribution in [3.63, 3.8) is 0 Å². The SMILES string of the molecule is CCCC(=O)C(C(=O)Oc1ccccc1)c1ccccc1. The molecule has 2 aromatic carbocycles. The number of ether oxygens (including phenoxy) is 1. The molecule has 3 nitrogen and oxygen atoms in total. The van der Waals surface area contributed by atoms with Gasteiger partial charge in [0.2, 0.25) is 0 Å². The van der Waals surface area contributed by atoms with Gasteiger partial charge in [0, 0.05) is 6.42 Å². The van der Waals surface area contributed by atoms with E-state index in [1.807, 2.05) is 31.2 Å². The van der Waals surface area contributed by atoms with Gasteiger partial charge in [0.1, 0.15) is 11.7 Å². The molecule has 0 N–H and O–H groups in total. The maximum absolute atomic E-state index is 12.4. The molecule has 0 spiro atoms. The van der Waals surface area contributed by atoms with E-state index in [0.717, 1.165) is 0 Å². The summed E-state index contributed by atoms with van der Waals surface area (Å²) in [6.45, 7) is 1.92. The maximum atomic E-state index is 12.4. The molecule has 21 heavy (non-hydrogen) atoms. The molecule has 2 aromatic rings. The van der Waals surface area contributed by atoms with Crippen molar-refractivity contribution in [2.75, 3.05) is 0 Å². The summed E-state index contributed by atoms with van der Waals surface area (Å²) in [5.74, 6) is -1.03. The summed E-state index contributed by atoms with van der Waals surface area (Å²) in [4.78, 5) is 24.7. The van der Waals surface area contributed by atoms with Crippen molar-refractivity contribution in [3.05, 3.63) is 66.2 Å². The fourth-order valence-corrected chi connectivity index (χ4v) is 2.15. The molecule has 0 aliphatic heterocycles. The lowest BCUT2D eigenvalue weighted by Gasteiger charge is -2.15. The van der Waals surface area contributed by atoms with Gasteiger partial charge < -0.3 is 4.74 Å². The fourth-order valence-electron chi connectivity index (χ4n) is 2.15. The van der Waals surface area contributed by atoms with Crippen LogP contribution in [-0.2, 0) is 9.59 Å². The number of esters is 1. The first-order valence-electron chi connectivity index (χ1n) is 7.06. The number of hydrogen-bond donors (Lipinski definition) is 0. The molecule has 0 heterocycles. The second kappa shape index (κ2) is 7.39. The zero-order valence-electron chi connectivity index (χ0n) is 12.0. The van der Waals surface area contributed by atoms with Crippen LogP contribution in [-0.4, -0.2) is 11.8 Å². The Labute approximate surface area is 124 Å². The van der Waals surface area contributed by atoms with E-state index in [0.29, 0.717) is 24.2 Å². The summed E-state index contributed by atoms with van der Waals surface area (Å²) < 4.78 is 5.34. The summed E-state index contributed by atoms with van der Waals surface area (Å²) in [6.07, 6.45) is 1.07. The number of benzene rings is 2. The van der Waals surface area contributed by atoms with Crippen LogP contribution in [0.4, 0.5) is 0 Å². The third-order valence-corrected chi connectivity index (χ3v) is 3.15. The zero-order chi connectivity index (χ0) is 15.1. The monoisotopic (exact) mass is 282 g/mol. The van der Waals surface area contributed by atoms with Gasteiger partial charge in [-0.3, -0.25) is 9.59 Å². The molecule has 2 rings (SSSR count). The highest BCUT2D eigenvalue weighted by molar-refractivity contribution is 6.05. The summed E-state index contributed by atoms with van der Waals surface area (Å²) in [5.41, 5.74) is 0.678. The van der Waals surface area contributed by atoms with Gasteiger partial charge in [0.05, 0.1) is 0 Å². The van der Waals surface area contributed by atoms with Crippen LogP contribution in [0.2, 0.25) is 0 Å². The van der Waals surface area contributed by atoms with Crippen molar-refractivity contribution < 1.29 is 14.3 Å². The van der Waals surface area contributed by atoms with Gasteiger partial charge in [-0.2, -0.15) is 0 Å². The van der Waals surface area contributed by atoms with Gasteiger partial charge in [-0.25, -0.2) is 0 Å². The third-order valence-electron chi connectivity index (χ3n) is 3.15. The highest BCUT2D eigenvalue weighted by Crippen LogP contribution is 2.22. The molecule has 3 heteroatoms. The third kappa shape index (κ3) is 4.02. The normalized spacial score (nSPS) is 11.7. The Morgan fingerprint density at radius 1 is 0.952 bits per heavy atom. The lowest BCUT2D eigenvalue weighted by atomic mass is 9.92. The zero-order valence-corrected chi connectivity index (χ0v) is 12.0. The Morgan fingerprint density at radius 3 is 2.10 bits per heavy atom. The summed E-state index contributed by atoms with van der Waals surface area (Å²) >= 11 is 0. The van der Waals surface area contributed by atoms with Crippen molar-refractivity contribution in [2.24, 2.45) is 0 Å². The van der Waals surface area contributed by atoms with Crippen LogP contribution in [0.25, 0.3) is 0 Å². The van der Waals surface area contributed by atoms with Crippen LogP contribution in [0, 0.1) is 0 Å². The number of carbonyl (C=O) groups is 2. The molecular weight excluding hydrogens is 264 g/mol. The molecule has 0 aliphatic carbocycles. The molecule has 0 aliphatic rings. The Bertz CT molecular complexity index is 590. The first kappa shape index (κ1) is 15.0. The van der Waals surface area contributed by atoms with Gasteiger partial charge in [-0.05, 0) is 24.1 Å². The molecule has 0 amide bonds. The van der Waals surface area contributed by atoms with Crippen molar-refractivity contribution in [1.29, 1.82) is 0 Å². The average molecular weight is 282 g/mol. The van der Waals surface area contributed by atoms with E-state index in [9.17, 15) is 9.59 Å². The van der Waals surface area contributed by atoms with Crippen LogP contribution in [0.5, 0.6) is 5.75 Å². The van der Waals surface area contributed by atoms with Crippen molar-refractivity contribution in [3.8, 4) is 5.75 Å². The van der Waals surface area contributed by atoms with Crippen LogP contribution >= 0.6 is 0 Å². The van der Waals surface area contributed by atoms with E-state index < -0.39 is 11.9 Å². The van der Waals surface area contributed by atoms with Crippen LogP contribution < -0.4 is 4.74 Å². The lowest BCUT2D eigenvalue weighted by Crippen LogP contribution is -2.26. The van der Waals surface area contributed by atoms with Crippen LogP contribution in [0.1, 0.15) is 31.2 Å². The second-order valence-electron chi connectivity index (χ2n) is 4.79. The lowest BCUT2D eigenvalue weighted by molar-refractivity contribution is -0.140. The Kier molecular flexibility index (Phi) is 5.27. The maximum Gasteiger partial charge on any atom is 0.326 e. The fraction of sp³-hybridized carbons (Fsp3) is 0.222. The second-order valence-corrected chi connectivity index (χ2v) is 4.79. The van der Waals surface area contributed by atoms with Crippen molar-refractivity contribution in [2.45, 2.75) is 25.7 Å². The smallest absolute Gasteiger partial charge is 0.326 e. The summed E-state index contributed by atoms with van der Waals surface area (Å²) in [6, 6.07) is 17.9. The van der Waals surface area contributed by atoms with Crippen LogP contribution in [0.3, 0.4) is 0 Å². The topological polar surface area (TPSA) is 43.4 Å².